The SMILES string of the molecule is COc1ccc(C(C)(C)c2ccc(OC(C)=O)c(-c3ccccc3)c2)cc1-c1ccccc1. The maximum absolute atomic E-state index is 11.7. The molecule has 0 aliphatic rings. The Hall–Kier alpha value is -3.85. The molecule has 33 heavy (non-hydrogen) atoms. The van der Waals surface area contributed by atoms with Crippen molar-refractivity contribution in [2.45, 2.75) is 26.2 Å². The van der Waals surface area contributed by atoms with Crippen LogP contribution in [0.4, 0.5) is 0 Å². The number of carbonyl (C=O) groups is 1. The Labute approximate surface area is 195 Å². The first kappa shape index (κ1) is 22.3. The van der Waals surface area contributed by atoms with Crippen molar-refractivity contribution in [1.29, 1.82) is 0 Å². The fourth-order valence-electron chi connectivity index (χ4n) is 4.11. The van der Waals surface area contributed by atoms with E-state index in [-0.39, 0.29) is 11.4 Å². The average molecular weight is 437 g/mol. The number of hydrogen-bond acceptors (Lipinski definition) is 3. The monoisotopic (exact) mass is 436 g/mol. The molecule has 0 fully saturated rings. The van der Waals surface area contributed by atoms with Gasteiger partial charge in [0.2, 0.25) is 0 Å². The minimum absolute atomic E-state index is 0.298. The van der Waals surface area contributed by atoms with E-state index >= 15 is 0 Å². The summed E-state index contributed by atoms with van der Waals surface area (Å²) in [6, 6.07) is 32.7. The van der Waals surface area contributed by atoms with Gasteiger partial charge < -0.3 is 9.47 Å². The molecule has 0 bridgehead atoms. The third-order valence-corrected chi connectivity index (χ3v) is 6.05. The first-order valence-corrected chi connectivity index (χ1v) is 11.0. The first-order chi connectivity index (χ1) is 15.9. The topological polar surface area (TPSA) is 35.5 Å². The molecule has 0 aliphatic carbocycles. The summed E-state index contributed by atoms with van der Waals surface area (Å²) in [5.41, 5.74) is 6.07. The molecule has 0 heterocycles. The van der Waals surface area contributed by atoms with Crippen LogP contribution in [0.5, 0.6) is 11.5 Å². The van der Waals surface area contributed by atoms with E-state index in [2.05, 4.69) is 44.2 Å². The number of ether oxygens (including phenoxy) is 2. The van der Waals surface area contributed by atoms with Gasteiger partial charge in [0, 0.05) is 23.5 Å². The molecule has 4 aromatic rings. The van der Waals surface area contributed by atoms with E-state index in [4.69, 9.17) is 9.47 Å². The predicted molar refractivity (Wildman–Crippen MR) is 134 cm³/mol. The number of carbonyl (C=O) groups excluding carboxylic acids is 1. The predicted octanol–water partition coefficient (Wildman–Crippen LogP) is 7.28. The van der Waals surface area contributed by atoms with Crippen LogP contribution in [0.2, 0.25) is 0 Å². The lowest BCUT2D eigenvalue weighted by Crippen LogP contribution is -2.19. The minimum Gasteiger partial charge on any atom is -0.496 e. The molecule has 4 rings (SSSR count). The largest absolute Gasteiger partial charge is 0.496 e. The van der Waals surface area contributed by atoms with E-state index in [1.165, 1.54) is 12.5 Å². The molecule has 0 unspecified atom stereocenters. The molecule has 3 nitrogen and oxygen atoms in total. The molecule has 0 spiro atoms. The molecule has 3 heteroatoms. The normalized spacial score (nSPS) is 11.2. The summed E-state index contributed by atoms with van der Waals surface area (Å²) in [7, 11) is 1.70. The van der Waals surface area contributed by atoms with E-state index in [0.29, 0.717) is 5.75 Å². The molecule has 0 amide bonds. The fourth-order valence-corrected chi connectivity index (χ4v) is 4.11. The molecule has 4 aromatic carbocycles. The maximum atomic E-state index is 11.7. The number of hydrogen-bond donors (Lipinski definition) is 0. The lowest BCUT2D eigenvalue weighted by Gasteiger charge is -2.28. The van der Waals surface area contributed by atoms with Crippen LogP contribution in [0.3, 0.4) is 0 Å². The smallest absolute Gasteiger partial charge is 0.308 e. The molecule has 0 saturated heterocycles. The molecule has 166 valence electrons. The van der Waals surface area contributed by atoms with Crippen LogP contribution in [0, 0.1) is 0 Å². The second-order valence-electron chi connectivity index (χ2n) is 8.58. The van der Waals surface area contributed by atoms with Crippen LogP contribution in [-0.4, -0.2) is 13.1 Å². The summed E-state index contributed by atoms with van der Waals surface area (Å²) in [6.07, 6.45) is 0. The number of esters is 1. The van der Waals surface area contributed by atoms with Crippen LogP contribution in [0.1, 0.15) is 31.9 Å². The summed E-state index contributed by atoms with van der Waals surface area (Å²) >= 11 is 0. The Morgan fingerprint density at radius 2 is 1.12 bits per heavy atom. The summed E-state index contributed by atoms with van der Waals surface area (Å²) < 4.78 is 11.2. The highest BCUT2D eigenvalue weighted by atomic mass is 16.5. The second-order valence-corrected chi connectivity index (χ2v) is 8.58. The Morgan fingerprint density at radius 1 is 0.667 bits per heavy atom. The summed E-state index contributed by atoms with van der Waals surface area (Å²) in [5.74, 6) is 1.07. The van der Waals surface area contributed by atoms with Crippen LogP contribution < -0.4 is 9.47 Å². The third kappa shape index (κ3) is 4.68. The summed E-state index contributed by atoms with van der Waals surface area (Å²) in [5, 5.41) is 0. The Bertz CT molecular complexity index is 1260. The van der Waals surface area contributed by atoms with Crippen LogP contribution in [-0.2, 0) is 10.2 Å². The van der Waals surface area contributed by atoms with Gasteiger partial charge in [-0.05, 0) is 46.5 Å². The van der Waals surface area contributed by atoms with E-state index < -0.39 is 0 Å². The van der Waals surface area contributed by atoms with Crippen molar-refractivity contribution in [1.82, 2.24) is 0 Å². The second kappa shape index (κ2) is 9.33. The van der Waals surface area contributed by atoms with E-state index in [0.717, 1.165) is 33.6 Å². The number of methoxy groups -OCH3 is 1. The number of rotatable bonds is 6. The molecular formula is C30H28O3. The fraction of sp³-hybridized carbons (Fsp3) is 0.167. The van der Waals surface area contributed by atoms with Gasteiger partial charge in [0.05, 0.1) is 7.11 Å². The molecule has 0 aliphatic heterocycles. The van der Waals surface area contributed by atoms with Gasteiger partial charge in [-0.1, -0.05) is 86.6 Å². The van der Waals surface area contributed by atoms with Gasteiger partial charge in [-0.3, -0.25) is 4.79 Å². The molecule has 0 N–H and O–H groups in total. The Balaban J connectivity index is 1.83. The standard InChI is InChI=1S/C30H28O3/c1-21(31)33-29-18-16-25(20-27(29)23-13-9-6-10-14-23)30(2,3)24-15-17-28(32-4)26(19-24)22-11-7-5-8-12-22/h5-20H,1-4H3. The van der Waals surface area contributed by atoms with Crippen molar-refractivity contribution in [3.05, 3.63) is 108 Å². The van der Waals surface area contributed by atoms with Crippen molar-refractivity contribution >= 4 is 5.97 Å². The van der Waals surface area contributed by atoms with Crippen LogP contribution in [0.15, 0.2) is 97.1 Å². The summed E-state index contributed by atoms with van der Waals surface area (Å²) in [4.78, 5) is 11.7. The van der Waals surface area contributed by atoms with Gasteiger partial charge in [0.1, 0.15) is 11.5 Å². The molecule has 0 aromatic heterocycles. The van der Waals surface area contributed by atoms with Crippen molar-refractivity contribution < 1.29 is 14.3 Å². The van der Waals surface area contributed by atoms with Gasteiger partial charge in [-0.15, -0.1) is 0 Å². The van der Waals surface area contributed by atoms with Crippen molar-refractivity contribution in [2.24, 2.45) is 0 Å². The zero-order valence-electron chi connectivity index (χ0n) is 19.5. The first-order valence-electron chi connectivity index (χ1n) is 11.0. The Kier molecular flexibility index (Phi) is 6.32. The van der Waals surface area contributed by atoms with Gasteiger partial charge in [0.15, 0.2) is 0 Å². The van der Waals surface area contributed by atoms with Gasteiger partial charge in [-0.2, -0.15) is 0 Å². The highest BCUT2D eigenvalue weighted by Gasteiger charge is 2.26. The third-order valence-electron chi connectivity index (χ3n) is 6.05. The van der Waals surface area contributed by atoms with E-state index in [1.54, 1.807) is 7.11 Å². The molecule has 0 radical (unpaired) electrons. The zero-order chi connectivity index (χ0) is 23.4. The minimum atomic E-state index is -0.332. The average Bonchev–Trinajstić information content (AvgIpc) is 2.84. The highest BCUT2D eigenvalue weighted by Crippen LogP contribution is 2.41. The zero-order valence-corrected chi connectivity index (χ0v) is 19.5. The van der Waals surface area contributed by atoms with E-state index in [9.17, 15) is 4.79 Å². The molecule has 0 saturated carbocycles. The van der Waals surface area contributed by atoms with Crippen molar-refractivity contribution in [2.75, 3.05) is 7.11 Å². The summed E-state index contributed by atoms with van der Waals surface area (Å²) in [6.45, 7) is 5.84. The van der Waals surface area contributed by atoms with Crippen molar-refractivity contribution in [3.63, 3.8) is 0 Å². The lowest BCUT2D eigenvalue weighted by atomic mass is 9.76. The quantitative estimate of drug-likeness (QED) is 0.235. The van der Waals surface area contributed by atoms with Gasteiger partial charge >= 0.3 is 5.97 Å². The van der Waals surface area contributed by atoms with Gasteiger partial charge in [0.25, 0.3) is 0 Å². The highest BCUT2D eigenvalue weighted by molar-refractivity contribution is 5.78. The maximum Gasteiger partial charge on any atom is 0.308 e. The van der Waals surface area contributed by atoms with Crippen LogP contribution >= 0.6 is 0 Å². The lowest BCUT2D eigenvalue weighted by molar-refractivity contribution is -0.131. The van der Waals surface area contributed by atoms with Crippen molar-refractivity contribution in [3.8, 4) is 33.8 Å². The van der Waals surface area contributed by atoms with Gasteiger partial charge in [-0.25, -0.2) is 0 Å². The number of benzene rings is 4. The Morgan fingerprint density at radius 3 is 1.58 bits per heavy atom. The van der Waals surface area contributed by atoms with E-state index in [1.807, 2.05) is 66.7 Å². The van der Waals surface area contributed by atoms with Crippen LogP contribution in [0.25, 0.3) is 22.3 Å². The molecular weight excluding hydrogens is 408 g/mol. The molecule has 0 atom stereocenters.